The highest BCUT2D eigenvalue weighted by molar-refractivity contribution is 5.17. The third kappa shape index (κ3) is 5.26. The van der Waals surface area contributed by atoms with Gasteiger partial charge in [0.25, 0.3) is 0 Å². The second-order valence-electron chi connectivity index (χ2n) is 20.3. The van der Waals surface area contributed by atoms with Gasteiger partial charge >= 0.3 is 0 Å². The van der Waals surface area contributed by atoms with Crippen molar-refractivity contribution in [1.82, 2.24) is 0 Å². The van der Waals surface area contributed by atoms with E-state index >= 15 is 0 Å². The van der Waals surface area contributed by atoms with Gasteiger partial charge in [-0.1, -0.05) is 121 Å². The summed E-state index contributed by atoms with van der Waals surface area (Å²) in [5.41, 5.74) is 1.48. The molecule has 6 rings (SSSR count). The van der Waals surface area contributed by atoms with Crippen LogP contribution in [0.1, 0.15) is 166 Å². The summed E-state index contributed by atoms with van der Waals surface area (Å²) in [6.45, 7) is 29.7. The first-order chi connectivity index (χ1) is 20.2. The minimum atomic E-state index is 0.463. The lowest BCUT2D eigenvalue weighted by molar-refractivity contribution is -0.249. The maximum absolute atomic E-state index is 2.84. The molecule has 0 amide bonds. The molecule has 14 atom stereocenters. The highest BCUT2D eigenvalue weighted by Gasteiger charge is 2.68. The number of hydrogen-bond acceptors (Lipinski definition) is 0. The predicted octanol–water partition coefficient (Wildman–Crippen LogP) is 13.0. The Morgan fingerprint density at radius 2 is 1.33 bits per heavy atom. The van der Waals surface area contributed by atoms with Crippen molar-refractivity contribution in [2.24, 2.45) is 105 Å². The van der Waals surface area contributed by atoms with Gasteiger partial charge in [-0.3, -0.25) is 0 Å². The maximum atomic E-state index is 2.84. The van der Waals surface area contributed by atoms with E-state index in [9.17, 15) is 0 Å². The zero-order valence-corrected chi connectivity index (χ0v) is 31.1. The lowest BCUT2D eigenvalue weighted by atomic mass is 9.31. The molecule has 248 valence electrons. The van der Waals surface area contributed by atoms with Crippen LogP contribution in [0.25, 0.3) is 0 Å². The van der Waals surface area contributed by atoms with E-state index in [0.717, 1.165) is 88.8 Å². The summed E-state index contributed by atoms with van der Waals surface area (Å²) in [5.74, 6) is 14.1. The van der Waals surface area contributed by atoms with Crippen molar-refractivity contribution >= 4 is 0 Å². The Morgan fingerprint density at radius 3 is 1.95 bits per heavy atom. The summed E-state index contributed by atoms with van der Waals surface area (Å²) >= 11 is 0. The van der Waals surface area contributed by atoms with E-state index in [1.807, 2.05) is 0 Å². The van der Waals surface area contributed by atoms with Gasteiger partial charge in [-0.15, -0.1) is 0 Å². The molecule has 0 bridgehead atoms. The van der Waals surface area contributed by atoms with Crippen molar-refractivity contribution in [3.8, 4) is 0 Å². The van der Waals surface area contributed by atoms with E-state index in [-0.39, 0.29) is 0 Å². The van der Waals surface area contributed by atoms with E-state index < -0.39 is 0 Å². The van der Waals surface area contributed by atoms with Gasteiger partial charge in [0.15, 0.2) is 0 Å². The molecule has 0 aromatic rings. The fourth-order valence-electron chi connectivity index (χ4n) is 16.5. The van der Waals surface area contributed by atoms with Gasteiger partial charge in [0, 0.05) is 0 Å². The molecular formula is C43H76. The molecule has 0 aromatic carbocycles. The first kappa shape index (κ1) is 32.9. The average molecular weight is 593 g/mol. The van der Waals surface area contributed by atoms with Crippen LogP contribution < -0.4 is 0 Å². The van der Waals surface area contributed by atoms with Crippen LogP contribution in [0.15, 0.2) is 0 Å². The van der Waals surface area contributed by atoms with Crippen molar-refractivity contribution in [3.05, 3.63) is 0 Å². The molecule has 0 nitrogen and oxygen atoms in total. The summed E-state index contributed by atoms with van der Waals surface area (Å²) in [6, 6.07) is 0. The molecule has 6 fully saturated rings. The van der Waals surface area contributed by atoms with Crippen LogP contribution in [0.5, 0.6) is 0 Å². The van der Waals surface area contributed by atoms with Crippen molar-refractivity contribution in [3.63, 3.8) is 0 Å². The van der Waals surface area contributed by atoms with Crippen LogP contribution in [0.4, 0.5) is 0 Å². The lowest BCUT2D eigenvalue weighted by Crippen LogP contribution is -2.67. The Labute approximate surface area is 270 Å². The largest absolute Gasteiger partial charge is 0.0625 e. The summed E-state index contributed by atoms with van der Waals surface area (Å²) in [7, 11) is 0. The molecule has 0 aliphatic heterocycles. The second-order valence-corrected chi connectivity index (χ2v) is 20.3. The van der Waals surface area contributed by atoms with Crippen LogP contribution in [0.2, 0.25) is 0 Å². The fourth-order valence-corrected chi connectivity index (χ4v) is 16.5. The molecule has 0 radical (unpaired) electrons. The van der Waals surface area contributed by atoms with Gasteiger partial charge < -0.3 is 0 Å². The predicted molar refractivity (Wildman–Crippen MR) is 187 cm³/mol. The minimum Gasteiger partial charge on any atom is -0.0625 e. The molecule has 6 saturated carbocycles. The highest BCUT2D eigenvalue weighted by Crippen LogP contribution is 2.75. The third-order valence-electron chi connectivity index (χ3n) is 18.0. The molecule has 14 unspecified atom stereocenters. The van der Waals surface area contributed by atoms with Crippen LogP contribution in [-0.2, 0) is 0 Å². The van der Waals surface area contributed by atoms with E-state index in [1.165, 1.54) is 44.9 Å². The molecule has 6 aliphatic carbocycles. The van der Waals surface area contributed by atoms with Crippen molar-refractivity contribution < 1.29 is 0 Å². The fraction of sp³-hybridized carbons (Fsp3) is 1.00. The molecule has 0 heterocycles. The van der Waals surface area contributed by atoms with Gasteiger partial charge in [-0.2, -0.15) is 0 Å². The number of fused-ring (bicyclic) bond motifs is 3. The molecule has 0 aromatic heterocycles. The summed E-state index contributed by atoms with van der Waals surface area (Å²) in [6.07, 6.45) is 21.5. The van der Waals surface area contributed by atoms with Crippen LogP contribution in [0.3, 0.4) is 0 Å². The van der Waals surface area contributed by atoms with Crippen molar-refractivity contribution in [2.45, 2.75) is 166 Å². The zero-order valence-electron chi connectivity index (χ0n) is 31.1. The molecule has 6 aliphatic rings. The maximum Gasteiger partial charge on any atom is -0.0215 e. The van der Waals surface area contributed by atoms with Crippen molar-refractivity contribution in [1.29, 1.82) is 0 Å². The summed E-state index contributed by atoms with van der Waals surface area (Å²) in [5, 5.41) is 0. The molecule has 0 spiro atoms. The van der Waals surface area contributed by atoms with Gasteiger partial charge in [0.1, 0.15) is 0 Å². The average Bonchev–Trinajstić information content (AvgIpc) is 3.46. The Hall–Kier alpha value is 0. The van der Waals surface area contributed by atoms with Gasteiger partial charge in [-0.25, -0.2) is 0 Å². The summed E-state index contributed by atoms with van der Waals surface area (Å²) in [4.78, 5) is 0. The molecule has 0 heteroatoms. The standard InChI is InChI=1S/C43H76/c1-26(2)38-29(5)23-42(10)25-41(9)24-37-36(35-19-17-33(18-20-35)22-28(4)34-14-12-13-15-34)21-16-27(3)39(37)30(6)40(41)32(8)43(42,11)31(38)7/h26-40H,12-25H2,1-11H3. The molecule has 0 saturated heterocycles. The Kier molecular flexibility index (Phi) is 9.12. The molecule has 43 heavy (non-hydrogen) atoms. The second kappa shape index (κ2) is 11.9. The highest BCUT2D eigenvalue weighted by atomic mass is 14.7. The van der Waals surface area contributed by atoms with Crippen LogP contribution >= 0.6 is 0 Å². The quantitative estimate of drug-likeness (QED) is 0.298. The monoisotopic (exact) mass is 593 g/mol. The smallest absolute Gasteiger partial charge is 0.0215 e. The first-order valence-corrected chi connectivity index (χ1v) is 20.2. The topological polar surface area (TPSA) is 0 Å². The van der Waals surface area contributed by atoms with Crippen LogP contribution in [-0.4, -0.2) is 0 Å². The van der Waals surface area contributed by atoms with Crippen LogP contribution in [0, 0.1) is 105 Å². The summed E-state index contributed by atoms with van der Waals surface area (Å²) < 4.78 is 0. The van der Waals surface area contributed by atoms with Crippen molar-refractivity contribution in [2.75, 3.05) is 0 Å². The molecule has 0 N–H and O–H groups in total. The first-order valence-electron chi connectivity index (χ1n) is 20.2. The third-order valence-corrected chi connectivity index (χ3v) is 18.0. The number of rotatable bonds is 5. The van der Waals surface area contributed by atoms with E-state index in [0.29, 0.717) is 16.2 Å². The Bertz CT molecular complexity index is 949. The van der Waals surface area contributed by atoms with E-state index in [4.69, 9.17) is 0 Å². The molecular weight excluding hydrogens is 516 g/mol. The Balaban J connectivity index is 1.21. The van der Waals surface area contributed by atoms with Gasteiger partial charge in [0.2, 0.25) is 0 Å². The lowest BCUT2D eigenvalue weighted by Gasteiger charge is -2.73. The van der Waals surface area contributed by atoms with E-state index in [1.54, 1.807) is 44.9 Å². The zero-order chi connectivity index (χ0) is 31.1. The number of hydrogen-bond donors (Lipinski definition) is 0. The normalized spacial score (nSPS) is 55.0. The van der Waals surface area contributed by atoms with Gasteiger partial charge in [-0.05, 0) is 150 Å². The minimum absolute atomic E-state index is 0.463. The SMILES string of the molecule is CC(C)C1C(C)CC2(C)CC3(C)CC4C(C5CCC(CC(C)C6CCCC6)CC5)CCC(C)C4C(C)C3C(C)C2(C)C1C. The van der Waals surface area contributed by atoms with E-state index in [2.05, 4.69) is 76.2 Å². The Morgan fingerprint density at radius 1 is 0.674 bits per heavy atom. The van der Waals surface area contributed by atoms with Gasteiger partial charge in [0.05, 0.1) is 0 Å².